The zero-order valence-electron chi connectivity index (χ0n) is 22.0. The Morgan fingerprint density at radius 1 is 0.946 bits per heavy atom. The van der Waals surface area contributed by atoms with Crippen LogP contribution in [0.4, 0.5) is 11.8 Å². The average Bonchev–Trinajstić information content (AvgIpc) is 2.92. The Morgan fingerprint density at radius 2 is 1.49 bits per heavy atom. The van der Waals surface area contributed by atoms with Gasteiger partial charge < -0.3 is 24.4 Å². The Hall–Kier alpha value is -4.14. The predicted molar refractivity (Wildman–Crippen MR) is 143 cm³/mol. The summed E-state index contributed by atoms with van der Waals surface area (Å²) in [5, 5.41) is 3.28. The Labute approximate surface area is 217 Å². The first-order valence-corrected chi connectivity index (χ1v) is 12.1. The number of rotatable bonds is 13. The van der Waals surface area contributed by atoms with Crippen molar-refractivity contribution in [3.63, 3.8) is 0 Å². The Kier molecular flexibility index (Phi) is 9.83. The van der Waals surface area contributed by atoms with E-state index >= 15 is 0 Å². The van der Waals surface area contributed by atoms with Crippen molar-refractivity contribution in [1.82, 2.24) is 9.97 Å². The maximum Gasteiger partial charge on any atom is 0.343 e. The lowest BCUT2D eigenvalue weighted by Crippen LogP contribution is -2.27. The van der Waals surface area contributed by atoms with Crippen molar-refractivity contribution < 1.29 is 23.8 Å². The standard InChI is InChI=1S/C28H34N4O5/c1-6-7-19(2)29-26-25(27(34)37-5)24(18-33)30-28(31-26)32(16-20-8-12-22(35-3)13-9-20)17-21-10-14-23(36-4)15-11-21/h8-15,18-19H,6-7,16-17H2,1-5H3,(H,29,30,31). The molecule has 37 heavy (non-hydrogen) atoms. The molecule has 1 atom stereocenters. The summed E-state index contributed by atoms with van der Waals surface area (Å²) in [7, 11) is 4.51. The van der Waals surface area contributed by atoms with Crippen LogP contribution >= 0.6 is 0 Å². The van der Waals surface area contributed by atoms with E-state index in [2.05, 4.69) is 17.2 Å². The molecule has 1 aromatic heterocycles. The lowest BCUT2D eigenvalue weighted by molar-refractivity contribution is 0.0598. The number of anilines is 2. The number of hydrogen-bond donors (Lipinski definition) is 1. The second-order valence-corrected chi connectivity index (χ2v) is 8.63. The van der Waals surface area contributed by atoms with Gasteiger partial charge in [0, 0.05) is 19.1 Å². The number of carbonyl (C=O) groups is 2. The van der Waals surface area contributed by atoms with E-state index in [0.29, 0.717) is 25.3 Å². The third kappa shape index (κ3) is 7.19. The van der Waals surface area contributed by atoms with Crippen LogP contribution < -0.4 is 19.7 Å². The van der Waals surface area contributed by atoms with Gasteiger partial charge in [-0.1, -0.05) is 37.6 Å². The molecule has 9 nitrogen and oxygen atoms in total. The molecule has 0 saturated heterocycles. The van der Waals surface area contributed by atoms with Crippen molar-refractivity contribution in [2.45, 2.75) is 45.8 Å². The smallest absolute Gasteiger partial charge is 0.343 e. The average molecular weight is 507 g/mol. The first kappa shape index (κ1) is 27.4. The Balaban J connectivity index is 2.08. The summed E-state index contributed by atoms with van der Waals surface area (Å²) in [5.41, 5.74) is 1.99. The van der Waals surface area contributed by atoms with Crippen molar-refractivity contribution >= 4 is 24.0 Å². The fourth-order valence-corrected chi connectivity index (χ4v) is 3.94. The molecule has 1 heterocycles. The molecule has 2 aromatic carbocycles. The maximum absolute atomic E-state index is 12.6. The molecule has 0 spiro atoms. The molecule has 1 N–H and O–H groups in total. The van der Waals surface area contributed by atoms with Gasteiger partial charge in [-0.3, -0.25) is 4.79 Å². The third-order valence-electron chi connectivity index (χ3n) is 5.88. The van der Waals surface area contributed by atoms with E-state index in [1.807, 2.05) is 60.4 Å². The van der Waals surface area contributed by atoms with Crippen molar-refractivity contribution in [2.75, 3.05) is 31.5 Å². The number of carbonyl (C=O) groups excluding carboxylic acids is 2. The molecule has 0 radical (unpaired) electrons. The van der Waals surface area contributed by atoms with Crippen LogP contribution in [0.3, 0.4) is 0 Å². The molecule has 3 aromatic rings. The van der Waals surface area contributed by atoms with E-state index in [1.54, 1.807) is 14.2 Å². The topological polar surface area (TPSA) is 103 Å². The van der Waals surface area contributed by atoms with Crippen LogP contribution in [0.25, 0.3) is 0 Å². The van der Waals surface area contributed by atoms with Crippen LogP contribution in [-0.4, -0.2) is 49.6 Å². The highest BCUT2D eigenvalue weighted by atomic mass is 16.5. The number of methoxy groups -OCH3 is 3. The third-order valence-corrected chi connectivity index (χ3v) is 5.88. The van der Waals surface area contributed by atoms with Gasteiger partial charge in [-0.25, -0.2) is 9.78 Å². The summed E-state index contributed by atoms with van der Waals surface area (Å²) in [6.45, 7) is 4.98. The first-order valence-electron chi connectivity index (χ1n) is 12.1. The zero-order valence-corrected chi connectivity index (χ0v) is 22.0. The molecule has 0 aliphatic heterocycles. The van der Waals surface area contributed by atoms with Gasteiger partial charge in [0.2, 0.25) is 5.95 Å². The molecule has 1 unspecified atom stereocenters. The summed E-state index contributed by atoms with van der Waals surface area (Å²) >= 11 is 0. The summed E-state index contributed by atoms with van der Waals surface area (Å²) in [6.07, 6.45) is 2.37. The Bertz CT molecular complexity index is 1130. The number of esters is 1. The number of hydrogen-bond acceptors (Lipinski definition) is 9. The number of aldehydes is 1. The van der Waals surface area contributed by atoms with E-state index < -0.39 is 5.97 Å². The molecule has 3 rings (SSSR count). The molecule has 0 saturated carbocycles. The molecular weight excluding hydrogens is 472 g/mol. The van der Waals surface area contributed by atoms with E-state index in [0.717, 1.165) is 35.5 Å². The van der Waals surface area contributed by atoms with Gasteiger partial charge in [-0.05, 0) is 48.7 Å². The number of ether oxygens (including phenoxy) is 3. The van der Waals surface area contributed by atoms with Crippen LogP contribution in [0, 0.1) is 0 Å². The van der Waals surface area contributed by atoms with Crippen LogP contribution in [0.2, 0.25) is 0 Å². The highest BCUT2D eigenvalue weighted by Crippen LogP contribution is 2.26. The molecular formula is C28H34N4O5. The SMILES string of the molecule is CCCC(C)Nc1nc(N(Cc2ccc(OC)cc2)Cc2ccc(OC)cc2)nc(C=O)c1C(=O)OC. The molecule has 0 bridgehead atoms. The highest BCUT2D eigenvalue weighted by molar-refractivity contribution is 6.01. The van der Waals surface area contributed by atoms with Crippen LogP contribution in [0.1, 0.15) is 58.7 Å². The molecule has 196 valence electrons. The number of benzene rings is 2. The van der Waals surface area contributed by atoms with E-state index in [9.17, 15) is 9.59 Å². The quantitative estimate of drug-likeness (QED) is 0.256. The van der Waals surface area contributed by atoms with Crippen LogP contribution in [-0.2, 0) is 17.8 Å². The summed E-state index contributed by atoms with van der Waals surface area (Å²) in [4.78, 5) is 35.8. The lowest BCUT2D eigenvalue weighted by atomic mass is 10.1. The number of nitrogens with one attached hydrogen (secondary N) is 1. The van der Waals surface area contributed by atoms with Gasteiger partial charge in [-0.2, -0.15) is 4.98 Å². The van der Waals surface area contributed by atoms with Crippen molar-refractivity contribution in [2.24, 2.45) is 0 Å². The zero-order chi connectivity index (χ0) is 26.8. The van der Waals surface area contributed by atoms with E-state index in [1.165, 1.54) is 7.11 Å². The second-order valence-electron chi connectivity index (χ2n) is 8.63. The molecule has 0 aliphatic carbocycles. The fraction of sp³-hybridized carbons (Fsp3) is 0.357. The minimum Gasteiger partial charge on any atom is -0.497 e. The van der Waals surface area contributed by atoms with E-state index in [4.69, 9.17) is 19.2 Å². The van der Waals surface area contributed by atoms with Gasteiger partial charge in [-0.15, -0.1) is 0 Å². The van der Waals surface area contributed by atoms with Gasteiger partial charge >= 0.3 is 5.97 Å². The summed E-state index contributed by atoms with van der Waals surface area (Å²) < 4.78 is 15.5. The van der Waals surface area contributed by atoms with Crippen LogP contribution in [0.5, 0.6) is 11.5 Å². The maximum atomic E-state index is 12.6. The van der Waals surface area contributed by atoms with Gasteiger partial charge in [0.15, 0.2) is 6.29 Å². The second kappa shape index (κ2) is 13.2. The van der Waals surface area contributed by atoms with Crippen molar-refractivity contribution in [3.8, 4) is 11.5 Å². The summed E-state index contributed by atoms with van der Waals surface area (Å²) in [5.74, 6) is 1.42. The van der Waals surface area contributed by atoms with Gasteiger partial charge in [0.25, 0.3) is 0 Å². The molecule has 0 aliphatic rings. The summed E-state index contributed by atoms with van der Waals surface area (Å²) in [6, 6.07) is 15.4. The van der Waals surface area contributed by atoms with Crippen molar-refractivity contribution in [1.29, 1.82) is 0 Å². The Morgan fingerprint density at radius 3 is 1.92 bits per heavy atom. The highest BCUT2D eigenvalue weighted by Gasteiger charge is 2.25. The van der Waals surface area contributed by atoms with Crippen molar-refractivity contribution in [3.05, 3.63) is 70.9 Å². The molecule has 0 fully saturated rings. The largest absolute Gasteiger partial charge is 0.497 e. The monoisotopic (exact) mass is 506 g/mol. The number of nitrogens with zero attached hydrogens (tertiary/aromatic N) is 3. The molecule has 0 amide bonds. The number of aromatic nitrogens is 2. The first-order chi connectivity index (χ1) is 17.9. The van der Waals surface area contributed by atoms with E-state index in [-0.39, 0.29) is 23.1 Å². The normalized spacial score (nSPS) is 11.4. The predicted octanol–water partition coefficient (Wildman–Crippen LogP) is 4.90. The fourth-order valence-electron chi connectivity index (χ4n) is 3.94. The lowest BCUT2D eigenvalue weighted by Gasteiger charge is -2.25. The minimum atomic E-state index is -0.670. The van der Waals surface area contributed by atoms with Gasteiger partial charge in [0.05, 0.1) is 21.3 Å². The van der Waals surface area contributed by atoms with Crippen LogP contribution in [0.15, 0.2) is 48.5 Å². The molecule has 9 heteroatoms. The van der Waals surface area contributed by atoms with Gasteiger partial charge in [0.1, 0.15) is 28.6 Å². The minimum absolute atomic E-state index is 0.0206.